The van der Waals surface area contributed by atoms with Crippen LogP contribution < -0.4 is 0 Å². The predicted octanol–water partition coefficient (Wildman–Crippen LogP) is 3.86. The lowest BCUT2D eigenvalue weighted by Gasteiger charge is -2.29. The molecule has 0 radical (unpaired) electrons. The fraction of sp³-hybridized carbons (Fsp3) is 1.00. The van der Waals surface area contributed by atoms with Crippen molar-refractivity contribution in [1.82, 2.24) is 9.80 Å². The third kappa shape index (κ3) is 7.62. The summed E-state index contributed by atoms with van der Waals surface area (Å²) in [4.78, 5) is 5.04. The molecule has 21 heavy (non-hydrogen) atoms. The second-order valence-corrected chi connectivity index (χ2v) is 6.49. The molecule has 0 saturated carbocycles. The van der Waals surface area contributed by atoms with E-state index >= 15 is 0 Å². The van der Waals surface area contributed by atoms with E-state index in [9.17, 15) is 5.11 Å². The first-order valence-corrected chi connectivity index (χ1v) is 9.42. The van der Waals surface area contributed by atoms with Crippen LogP contribution in [-0.2, 0) is 0 Å². The Balaban J connectivity index is 2.04. The van der Waals surface area contributed by atoms with E-state index in [1.165, 1.54) is 70.8 Å². The van der Waals surface area contributed by atoms with E-state index in [2.05, 4.69) is 23.6 Å². The molecular weight excluding hydrogens is 260 g/mol. The van der Waals surface area contributed by atoms with Crippen LogP contribution in [-0.4, -0.2) is 53.9 Å². The average molecular weight is 299 g/mol. The van der Waals surface area contributed by atoms with E-state index in [1.807, 2.05) is 0 Å². The highest BCUT2D eigenvalue weighted by atomic mass is 16.3. The Hall–Kier alpha value is -0.120. The largest absolute Gasteiger partial charge is 0.395 e. The Labute approximate surface area is 132 Å². The van der Waals surface area contributed by atoms with Gasteiger partial charge >= 0.3 is 0 Å². The monoisotopic (exact) mass is 298 g/mol. The minimum atomic E-state index is 0.297. The third-order valence-corrected chi connectivity index (χ3v) is 4.88. The lowest BCUT2D eigenvalue weighted by molar-refractivity contribution is 0.108. The first-order valence-electron chi connectivity index (χ1n) is 9.42. The van der Waals surface area contributed by atoms with E-state index < -0.39 is 0 Å². The van der Waals surface area contributed by atoms with Gasteiger partial charge in [0.25, 0.3) is 0 Å². The van der Waals surface area contributed by atoms with Crippen molar-refractivity contribution >= 4 is 0 Å². The molecule has 3 nitrogen and oxygen atoms in total. The first kappa shape index (κ1) is 18.9. The van der Waals surface area contributed by atoms with E-state index in [1.54, 1.807) is 0 Å². The molecular formula is C18H38N2O. The Morgan fingerprint density at radius 2 is 1.38 bits per heavy atom. The Kier molecular flexibility index (Phi) is 11.2. The van der Waals surface area contributed by atoms with E-state index in [-0.39, 0.29) is 0 Å². The van der Waals surface area contributed by atoms with Crippen molar-refractivity contribution in [2.75, 3.05) is 32.8 Å². The van der Waals surface area contributed by atoms with Crippen molar-refractivity contribution < 1.29 is 5.11 Å². The topological polar surface area (TPSA) is 26.7 Å². The standard InChI is InChI=1S/C18H38N2O/c1-3-5-6-7-8-9-10-11-12-13-18-19(4-2)14-15-20(18)16-17-21/h18,21H,3-17H2,1-2H3. The molecule has 1 N–H and O–H groups in total. The number of hydrogen-bond donors (Lipinski definition) is 1. The van der Waals surface area contributed by atoms with E-state index in [0.29, 0.717) is 12.8 Å². The van der Waals surface area contributed by atoms with Gasteiger partial charge in [0.15, 0.2) is 0 Å². The number of likely N-dealkylation sites (N-methyl/N-ethyl adjacent to an activating group) is 1. The summed E-state index contributed by atoms with van der Waals surface area (Å²) in [5.41, 5.74) is 0. The second kappa shape index (κ2) is 12.4. The van der Waals surface area contributed by atoms with Gasteiger partial charge in [-0.3, -0.25) is 9.80 Å². The zero-order valence-corrected chi connectivity index (χ0v) is 14.5. The van der Waals surface area contributed by atoms with E-state index in [0.717, 1.165) is 19.6 Å². The highest BCUT2D eigenvalue weighted by Gasteiger charge is 2.29. The van der Waals surface area contributed by atoms with Gasteiger partial charge in [0, 0.05) is 19.6 Å². The van der Waals surface area contributed by atoms with Gasteiger partial charge in [-0.2, -0.15) is 0 Å². The molecule has 0 amide bonds. The number of aliphatic hydroxyl groups is 1. The highest BCUT2D eigenvalue weighted by Crippen LogP contribution is 2.20. The van der Waals surface area contributed by atoms with Gasteiger partial charge in [-0.15, -0.1) is 0 Å². The normalized spacial score (nSPS) is 20.4. The van der Waals surface area contributed by atoms with Crippen LogP contribution in [0.25, 0.3) is 0 Å². The van der Waals surface area contributed by atoms with Gasteiger partial charge < -0.3 is 5.11 Å². The molecule has 1 rings (SSSR count). The SMILES string of the molecule is CCCCCCCCCCCC1N(CC)CCN1CCO. The molecule has 1 aliphatic rings. The lowest BCUT2D eigenvalue weighted by atomic mass is 10.1. The molecule has 1 saturated heterocycles. The Bertz CT molecular complexity index is 235. The summed E-state index contributed by atoms with van der Waals surface area (Å²) >= 11 is 0. The Morgan fingerprint density at radius 3 is 1.95 bits per heavy atom. The van der Waals surface area contributed by atoms with Crippen LogP contribution in [0.4, 0.5) is 0 Å². The molecule has 126 valence electrons. The number of unbranched alkanes of at least 4 members (excludes halogenated alkanes) is 8. The molecule has 0 spiro atoms. The van der Waals surface area contributed by atoms with Crippen LogP contribution in [0.2, 0.25) is 0 Å². The predicted molar refractivity (Wildman–Crippen MR) is 91.5 cm³/mol. The second-order valence-electron chi connectivity index (χ2n) is 6.49. The molecule has 1 heterocycles. The fourth-order valence-electron chi connectivity index (χ4n) is 3.55. The van der Waals surface area contributed by atoms with Crippen molar-refractivity contribution in [3.63, 3.8) is 0 Å². The van der Waals surface area contributed by atoms with E-state index in [4.69, 9.17) is 0 Å². The quantitative estimate of drug-likeness (QED) is 0.523. The highest BCUT2D eigenvalue weighted by molar-refractivity contribution is 4.80. The summed E-state index contributed by atoms with van der Waals surface area (Å²) in [6.45, 7) is 9.14. The summed E-state index contributed by atoms with van der Waals surface area (Å²) < 4.78 is 0. The van der Waals surface area contributed by atoms with Crippen LogP contribution in [0.15, 0.2) is 0 Å². The minimum absolute atomic E-state index is 0.297. The number of hydrogen-bond acceptors (Lipinski definition) is 3. The van der Waals surface area contributed by atoms with Crippen molar-refractivity contribution in [1.29, 1.82) is 0 Å². The maximum atomic E-state index is 9.17. The average Bonchev–Trinajstić information content (AvgIpc) is 2.88. The number of aliphatic hydroxyl groups excluding tert-OH is 1. The van der Waals surface area contributed by atoms with Gasteiger partial charge in [-0.25, -0.2) is 0 Å². The van der Waals surface area contributed by atoms with Gasteiger partial charge in [0.2, 0.25) is 0 Å². The minimum Gasteiger partial charge on any atom is -0.395 e. The van der Waals surface area contributed by atoms with Gasteiger partial charge in [-0.05, 0) is 13.0 Å². The molecule has 0 aromatic heterocycles. The van der Waals surface area contributed by atoms with Crippen LogP contribution in [0.3, 0.4) is 0 Å². The lowest BCUT2D eigenvalue weighted by Crippen LogP contribution is -2.39. The summed E-state index contributed by atoms with van der Waals surface area (Å²) in [6.07, 6.45) is 14.5. The maximum Gasteiger partial charge on any atom is 0.0624 e. The van der Waals surface area contributed by atoms with Crippen molar-refractivity contribution in [3.05, 3.63) is 0 Å². The number of rotatable bonds is 13. The maximum absolute atomic E-state index is 9.17. The number of β-amino-alcohol motifs (C(OH)–C–C–N with tert-alkyl or cyclic N) is 1. The summed E-state index contributed by atoms with van der Waals surface area (Å²) in [5, 5.41) is 9.17. The van der Waals surface area contributed by atoms with Crippen molar-refractivity contribution in [3.8, 4) is 0 Å². The van der Waals surface area contributed by atoms with Crippen molar-refractivity contribution in [2.45, 2.75) is 84.2 Å². The fourth-order valence-corrected chi connectivity index (χ4v) is 3.55. The molecule has 0 aromatic rings. The van der Waals surface area contributed by atoms with Gasteiger partial charge in [0.05, 0.1) is 12.8 Å². The molecule has 3 heteroatoms. The first-order chi connectivity index (χ1) is 10.3. The van der Waals surface area contributed by atoms with Gasteiger partial charge in [-0.1, -0.05) is 71.6 Å². The molecule has 1 fully saturated rings. The Morgan fingerprint density at radius 1 is 0.810 bits per heavy atom. The molecule has 1 unspecified atom stereocenters. The molecule has 0 aliphatic carbocycles. The molecule has 0 bridgehead atoms. The van der Waals surface area contributed by atoms with Crippen LogP contribution in [0.5, 0.6) is 0 Å². The van der Waals surface area contributed by atoms with Gasteiger partial charge in [0.1, 0.15) is 0 Å². The van der Waals surface area contributed by atoms with Crippen LogP contribution >= 0.6 is 0 Å². The zero-order chi connectivity index (χ0) is 15.3. The molecule has 1 aliphatic heterocycles. The number of nitrogens with zero attached hydrogens (tertiary/aromatic N) is 2. The smallest absolute Gasteiger partial charge is 0.0624 e. The molecule has 1 atom stereocenters. The van der Waals surface area contributed by atoms with Crippen LogP contribution in [0, 0.1) is 0 Å². The zero-order valence-electron chi connectivity index (χ0n) is 14.5. The summed E-state index contributed by atoms with van der Waals surface area (Å²) in [6, 6.07) is 0. The molecule has 0 aromatic carbocycles. The van der Waals surface area contributed by atoms with Crippen molar-refractivity contribution in [2.24, 2.45) is 0 Å². The summed E-state index contributed by atoms with van der Waals surface area (Å²) in [7, 11) is 0. The van der Waals surface area contributed by atoms with Crippen LogP contribution in [0.1, 0.15) is 78.1 Å². The summed E-state index contributed by atoms with van der Waals surface area (Å²) in [5.74, 6) is 0. The third-order valence-electron chi connectivity index (χ3n) is 4.88.